The smallest absolute Gasteiger partial charge is 0.304 e. The Balaban J connectivity index is 0. The fourth-order valence-corrected chi connectivity index (χ4v) is 1.43. The topological polar surface area (TPSA) is 55.8 Å². The van der Waals surface area contributed by atoms with E-state index < -0.39 is 0 Å². The molecule has 116 valence electrons. The van der Waals surface area contributed by atoms with Crippen LogP contribution in [0.3, 0.4) is 0 Å². The van der Waals surface area contributed by atoms with Crippen LogP contribution in [-0.2, 0) is 14.3 Å². The van der Waals surface area contributed by atoms with E-state index in [9.17, 15) is 9.90 Å². The summed E-state index contributed by atoms with van der Waals surface area (Å²) in [5, 5.41) is 9.29. The van der Waals surface area contributed by atoms with Crippen molar-refractivity contribution in [3.05, 3.63) is 0 Å². The molecule has 0 aromatic rings. The minimum Gasteiger partial charge on any atom is -0.439 e. The van der Waals surface area contributed by atoms with Gasteiger partial charge in [-0.15, -0.1) is 0 Å². The van der Waals surface area contributed by atoms with Crippen LogP contribution in [0.4, 0.5) is 0 Å². The van der Waals surface area contributed by atoms with E-state index >= 15 is 0 Å². The summed E-state index contributed by atoms with van der Waals surface area (Å²) in [7, 11) is 0. The van der Waals surface area contributed by atoms with Crippen molar-refractivity contribution in [3.63, 3.8) is 0 Å². The second-order valence-electron chi connectivity index (χ2n) is 4.95. The van der Waals surface area contributed by atoms with Gasteiger partial charge in [-0.25, -0.2) is 0 Å². The first kappa shape index (κ1) is 20.7. The first-order chi connectivity index (χ1) is 8.87. The predicted octanol–water partition coefficient (Wildman–Crippen LogP) is 3.52. The molecule has 1 atom stereocenters. The molecule has 0 bridgehead atoms. The standard InChI is InChI=1S/C9H20O.C6H12O3/c1-4-8(5-2)7-9(10)6-3;1-5(2)8-4-9-6(3)7/h8-10H,4-7H2,1-3H3;5H,4H2,1-3H3. The van der Waals surface area contributed by atoms with Crippen LogP contribution in [-0.4, -0.2) is 30.1 Å². The summed E-state index contributed by atoms with van der Waals surface area (Å²) in [6, 6.07) is 0. The first-order valence-corrected chi connectivity index (χ1v) is 7.30. The van der Waals surface area contributed by atoms with Crippen LogP contribution in [0.2, 0.25) is 0 Å². The maximum Gasteiger partial charge on any atom is 0.304 e. The Hall–Kier alpha value is -0.610. The quantitative estimate of drug-likeness (QED) is 0.544. The number of aliphatic hydroxyl groups excluding tert-OH is 1. The molecule has 0 spiro atoms. The molecule has 0 heterocycles. The van der Waals surface area contributed by atoms with E-state index in [1.807, 2.05) is 20.8 Å². The lowest BCUT2D eigenvalue weighted by molar-refractivity contribution is -0.156. The van der Waals surface area contributed by atoms with E-state index in [4.69, 9.17) is 4.74 Å². The Morgan fingerprint density at radius 1 is 1.11 bits per heavy atom. The van der Waals surface area contributed by atoms with Gasteiger partial charge in [-0.2, -0.15) is 0 Å². The van der Waals surface area contributed by atoms with Crippen molar-refractivity contribution >= 4 is 5.97 Å². The van der Waals surface area contributed by atoms with Gasteiger partial charge in [0.2, 0.25) is 0 Å². The van der Waals surface area contributed by atoms with Crippen LogP contribution in [0.25, 0.3) is 0 Å². The number of esters is 1. The van der Waals surface area contributed by atoms with Crippen LogP contribution in [0, 0.1) is 5.92 Å². The Labute approximate surface area is 118 Å². The lowest BCUT2D eigenvalue weighted by Crippen LogP contribution is -2.11. The SMILES string of the molecule is CC(=O)OCOC(C)C.CCC(O)CC(CC)CC. The number of hydrogen-bond donors (Lipinski definition) is 1. The molecule has 4 nitrogen and oxygen atoms in total. The summed E-state index contributed by atoms with van der Waals surface area (Å²) in [5.74, 6) is 0.422. The minimum absolute atomic E-state index is 0.0625. The number of rotatable bonds is 8. The average molecular weight is 276 g/mol. The largest absolute Gasteiger partial charge is 0.439 e. The molecule has 4 heteroatoms. The van der Waals surface area contributed by atoms with Crippen molar-refractivity contribution < 1.29 is 19.4 Å². The van der Waals surface area contributed by atoms with Crippen molar-refractivity contribution in [1.29, 1.82) is 0 Å². The minimum atomic E-state index is -0.310. The lowest BCUT2D eigenvalue weighted by Gasteiger charge is -2.15. The molecule has 0 amide bonds. The molecule has 1 unspecified atom stereocenters. The van der Waals surface area contributed by atoms with Gasteiger partial charge in [0.25, 0.3) is 0 Å². The second-order valence-corrected chi connectivity index (χ2v) is 4.95. The summed E-state index contributed by atoms with van der Waals surface area (Å²) >= 11 is 0. The van der Waals surface area contributed by atoms with Crippen LogP contribution >= 0.6 is 0 Å². The summed E-state index contributed by atoms with van der Waals surface area (Å²) in [6.45, 7) is 11.6. The molecule has 0 radical (unpaired) electrons. The molecule has 19 heavy (non-hydrogen) atoms. The molecule has 0 saturated carbocycles. The van der Waals surface area contributed by atoms with Crippen molar-refractivity contribution in [2.75, 3.05) is 6.79 Å². The summed E-state index contributed by atoms with van der Waals surface area (Å²) in [4.78, 5) is 10.1. The molecular formula is C15H32O4. The molecule has 0 fully saturated rings. The average Bonchev–Trinajstić information content (AvgIpc) is 2.35. The summed E-state index contributed by atoms with van der Waals surface area (Å²) in [5.41, 5.74) is 0. The highest BCUT2D eigenvalue weighted by Crippen LogP contribution is 2.15. The summed E-state index contributed by atoms with van der Waals surface area (Å²) < 4.78 is 9.40. The maximum absolute atomic E-state index is 10.1. The summed E-state index contributed by atoms with van der Waals surface area (Å²) in [6.07, 6.45) is 4.34. The number of carbonyl (C=O) groups excluding carboxylic acids is 1. The third-order valence-electron chi connectivity index (χ3n) is 2.89. The molecule has 0 aliphatic rings. The number of aliphatic hydroxyl groups is 1. The van der Waals surface area contributed by atoms with E-state index in [1.54, 1.807) is 0 Å². The van der Waals surface area contributed by atoms with Crippen LogP contribution in [0.5, 0.6) is 0 Å². The van der Waals surface area contributed by atoms with E-state index in [0.29, 0.717) is 0 Å². The fraction of sp³-hybridized carbons (Fsp3) is 0.933. The Morgan fingerprint density at radius 2 is 1.63 bits per heavy atom. The Kier molecular flexibility index (Phi) is 15.1. The monoisotopic (exact) mass is 276 g/mol. The lowest BCUT2D eigenvalue weighted by atomic mass is 9.95. The maximum atomic E-state index is 10.1. The zero-order chi connectivity index (χ0) is 15.3. The highest BCUT2D eigenvalue weighted by atomic mass is 16.7. The van der Waals surface area contributed by atoms with Gasteiger partial charge in [0.1, 0.15) is 0 Å². The molecule has 0 aliphatic heterocycles. The number of carbonyl (C=O) groups is 1. The van der Waals surface area contributed by atoms with Gasteiger partial charge in [0.15, 0.2) is 6.79 Å². The van der Waals surface area contributed by atoms with Gasteiger partial charge in [0.05, 0.1) is 12.2 Å². The van der Waals surface area contributed by atoms with E-state index in [-0.39, 0.29) is 25.0 Å². The molecule has 0 rings (SSSR count). The fourth-order valence-electron chi connectivity index (χ4n) is 1.43. The van der Waals surface area contributed by atoms with E-state index in [1.165, 1.54) is 19.8 Å². The van der Waals surface area contributed by atoms with Crippen molar-refractivity contribution in [1.82, 2.24) is 0 Å². The highest BCUT2D eigenvalue weighted by molar-refractivity contribution is 5.65. The van der Waals surface area contributed by atoms with Crippen LogP contribution < -0.4 is 0 Å². The van der Waals surface area contributed by atoms with Crippen molar-refractivity contribution in [2.24, 2.45) is 5.92 Å². The van der Waals surface area contributed by atoms with Crippen LogP contribution in [0.1, 0.15) is 67.2 Å². The van der Waals surface area contributed by atoms with Gasteiger partial charge >= 0.3 is 5.97 Å². The molecule has 0 aromatic heterocycles. The van der Waals surface area contributed by atoms with Gasteiger partial charge in [-0.1, -0.05) is 33.6 Å². The third kappa shape index (κ3) is 17.4. The number of ether oxygens (including phenoxy) is 2. The van der Waals surface area contributed by atoms with E-state index in [2.05, 4.69) is 18.6 Å². The Morgan fingerprint density at radius 3 is 1.95 bits per heavy atom. The second kappa shape index (κ2) is 13.8. The Bertz CT molecular complexity index is 200. The molecule has 0 aromatic carbocycles. The number of hydrogen-bond acceptors (Lipinski definition) is 4. The van der Waals surface area contributed by atoms with E-state index in [0.717, 1.165) is 18.8 Å². The van der Waals surface area contributed by atoms with Gasteiger partial charge < -0.3 is 14.6 Å². The third-order valence-corrected chi connectivity index (χ3v) is 2.89. The zero-order valence-electron chi connectivity index (χ0n) is 13.4. The van der Waals surface area contributed by atoms with Crippen LogP contribution in [0.15, 0.2) is 0 Å². The predicted molar refractivity (Wildman–Crippen MR) is 77.8 cm³/mol. The molecule has 0 saturated heterocycles. The molecule has 0 aliphatic carbocycles. The van der Waals surface area contributed by atoms with Gasteiger partial charge in [0, 0.05) is 6.92 Å². The van der Waals surface area contributed by atoms with Crippen molar-refractivity contribution in [2.45, 2.75) is 79.4 Å². The first-order valence-electron chi connectivity index (χ1n) is 7.30. The van der Waals surface area contributed by atoms with Gasteiger partial charge in [-0.3, -0.25) is 4.79 Å². The van der Waals surface area contributed by atoms with Gasteiger partial charge in [-0.05, 0) is 32.6 Å². The molecular weight excluding hydrogens is 244 g/mol. The normalized spacial score (nSPS) is 12.1. The molecule has 1 N–H and O–H groups in total. The highest BCUT2D eigenvalue weighted by Gasteiger charge is 2.08. The van der Waals surface area contributed by atoms with Crippen molar-refractivity contribution in [3.8, 4) is 0 Å². The zero-order valence-corrected chi connectivity index (χ0v) is 13.4.